The summed E-state index contributed by atoms with van der Waals surface area (Å²) in [7, 11) is 0. The molecule has 1 rings (SSSR count). The predicted octanol–water partition coefficient (Wildman–Crippen LogP) is 1.90. The molecule has 0 atom stereocenters. The molecule has 1 heterocycles. The number of carbonyl (C=O) groups excluding carboxylic acids is 1. The van der Waals surface area contributed by atoms with E-state index in [1.165, 1.54) is 12.5 Å². The van der Waals surface area contributed by atoms with Crippen LogP contribution in [-0.4, -0.2) is 10.2 Å². The molecular formula is C6H5IO2. The van der Waals surface area contributed by atoms with Gasteiger partial charge in [-0.3, -0.25) is 4.79 Å². The maximum Gasteiger partial charge on any atom is 0.175 e. The van der Waals surface area contributed by atoms with Gasteiger partial charge < -0.3 is 4.42 Å². The molecule has 0 saturated heterocycles. The maximum absolute atomic E-state index is 10.8. The zero-order valence-corrected chi connectivity index (χ0v) is 6.79. The third-order valence-electron chi connectivity index (χ3n) is 0.965. The fourth-order valence-corrected chi connectivity index (χ4v) is 0.941. The van der Waals surface area contributed by atoms with Crippen molar-refractivity contribution in [3.05, 3.63) is 24.2 Å². The molecule has 1 aromatic heterocycles. The second-order valence-electron chi connectivity index (χ2n) is 1.57. The Morgan fingerprint density at radius 3 is 3.00 bits per heavy atom. The molecule has 0 fully saturated rings. The van der Waals surface area contributed by atoms with Gasteiger partial charge in [0.25, 0.3) is 0 Å². The number of carbonyl (C=O) groups is 1. The van der Waals surface area contributed by atoms with E-state index in [0.29, 0.717) is 9.99 Å². The van der Waals surface area contributed by atoms with Crippen LogP contribution in [0.5, 0.6) is 0 Å². The number of hydrogen-bond acceptors (Lipinski definition) is 2. The predicted molar refractivity (Wildman–Crippen MR) is 41.9 cm³/mol. The molecule has 0 amide bonds. The van der Waals surface area contributed by atoms with Crippen LogP contribution in [0.25, 0.3) is 0 Å². The van der Waals surface area contributed by atoms with Gasteiger partial charge in [-0.25, -0.2) is 0 Å². The molecule has 0 aliphatic rings. The molecule has 3 heteroatoms. The monoisotopic (exact) mass is 236 g/mol. The minimum Gasteiger partial charge on any atom is -0.472 e. The summed E-state index contributed by atoms with van der Waals surface area (Å²) in [4.78, 5) is 10.8. The third-order valence-corrected chi connectivity index (χ3v) is 1.66. The van der Waals surface area contributed by atoms with Crippen LogP contribution in [0, 0.1) is 0 Å². The lowest BCUT2D eigenvalue weighted by Crippen LogP contribution is -1.95. The Bertz CT molecular complexity index is 191. The van der Waals surface area contributed by atoms with Crippen molar-refractivity contribution >= 4 is 28.4 Å². The van der Waals surface area contributed by atoms with Crippen molar-refractivity contribution in [3.8, 4) is 0 Å². The van der Waals surface area contributed by atoms with E-state index in [9.17, 15) is 4.79 Å². The molecule has 2 nitrogen and oxygen atoms in total. The second-order valence-corrected chi connectivity index (χ2v) is 2.33. The topological polar surface area (TPSA) is 30.2 Å². The number of Topliss-reactive ketones (excluding diaryl/α,β-unsaturated/α-hetero) is 1. The molecule has 0 aliphatic carbocycles. The lowest BCUT2D eigenvalue weighted by Gasteiger charge is -1.84. The average Bonchev–Trinajstić information content (AvgIpc) is 2.37. The summed E-state index contributed by atoms with van der Waals surface area (Å²) in [5.74, 6) is 0.115. The molecule has 0 N–H and O–H groups in total. The highest BCUT2D eigenvalue weighted by Crippen LogP contribution is 2.02. The summed E-state index contributed by atoms with van der Waals surface area (Å²) < 4.78 is 5.22. The van der Waals surface area contributed by atoms with Gasteiger partial charge in [0.1, 0.15) is 6.26 Å². The first kappa shape index (κ1) is 6.80. The van der Waals surface area contributed by atoms with Gasteiger partial charge in [0.15, 0.2) is 5.78 Å². The number of halogens is 1. The van der Waals surface area contributed by atoms with Crippen LogP contribution >= 0.6 is 22.6 Å². The highest BCUT2D eigenvalue weighted by molar-refractivity contribution is 14.1. The van der Waals surface area contributed by atoms with Crippen molar-refractivity contribution in [2.75, 3.05) is 4.43 Å². The van der Waals surface area contributed by atoms with E-state index in [4.69, 9.17) is 4.42 Å². The van der Waals surface area contributed by atoms with Crippen molar-refractivity contribution < 1.29 is 9.21 Å². The summed E-state index contributed by atoms with van der Waals surface area (Å²) >= 11 is 2.02. The van der Waals surface area contributed by atoms with E-state index in [1.807, 2.05) is 22.6 Å². The minimum absolute atomic E-state index is 0.115. The lowest BCUT2D eigenvalue weighted by atomic mass is 10.2. The van der Waals surface area contributed by atoms with Crippen LogP contribution in [0.15, 0.2) is 23.0 Å². The van der Waals surface area contributed by atoms with E-state index in [2.05, 4.69) is 0 Å². The van der Waals surface area contributed by atoms with Gasteiger partial charge in [-0.1, -0.05) is 22.6 Å². The first-order valence-electron chi connectivity index (χ1n) is 2.46. The smallest absolute Gasteiger partial charge is 0.175 e. The van der Waals surface area contributed by atoms with Crippen molar-refractivity contribution in [1.29, 1.82) is 0 Å². The quantitative estimate of drug-likeness (QED) is 0.446. The van der Waals surface area contributed by atoms with Crippen molar-refractivity contribution in [2.45, 2.75) is 0 Å². The first-order chi connectivity index (χ1) is 4.34. The molecule has 0 saturated carbocycles. The third kappa shape index (κ3) is 1.54. The van der Waals surface area contributed by atoms with E-state index in [0.717, 1.165) is 0 Å². The standard InChI is InChI=1S/C6H5IO2/c7-3-6(8)5-1-2-9-4-5/h1-2,4H,3H2. The van der Waals surface area contributed by atoms with Gasteiger partial charge in [-0.05, 0) is 6.07 Å². The zero-order chi connectivity index (χ0) is 6.69. The Hall–Kier alpha value is -0.320. The number of hydrogen-bond donors (Lipinski definition) is 0. The number of rotatable bonds is 2. The SMILES string of the molecule is O=C(CI)c1ccoc1. The second kappa shape index (κ2) is 3.00. The van der Waals surface area contributed by atoms with Crippen LogP contribution in [0.2, 0.25) is 0 Å². The molecule has 0 aliphatic heterocycles. The van der Waals surface area contributed by atoms with E-state index < -0.39 is 0 Å². The molecule has 9 heavy (non-hydrogen) atoms. The van der Waals surface area contributed by atoms with Gasteiger partial charge in [-0.15, -0.1) is 0 Å². The van der Waals surface area contributed by atoms with Gasteiger partial charge >= 0.3 is 0 Å². The Labute approximate surface area is 66.4 Å². The molecule has 1 aromatic rings. The van der Waals surface area contributed by atoms with E-state index >= 15 is 0 Å². The zero-order valence-electron chi connectivity index (χ0n) is 4.63. The van der Waals surface area contributed by atoms with Gasteiger partial charge in [-0.2, -0.15) is 0 Å². The Morgan fingerprint density at radius 2 is 2.56 bits per heavy atom. The molecule has 0 unspecified atom stereocenters. The lowest BCUT2D eigenvalue weighted by molar-refractivity contribution is 0.102. The normalized spacial score (nSPS) is 9.44. The summed E-state index contributed by atoms with van der Waals surface area (Å²) in [5.41, 5.74) is 0.657. The fraction of sp³-hybridized carbons (Fsp3) is 0.167. The minimum atomic E-state index is 0.115. The van der Waals surface area contributed by atoms with Crippen LogP contribution in [0.1, 0.15) is 10.4 Å². The molecule has 0 bridgehead atoms. The van der Waals surface area contributed by atoms with E-state index in [1.54, 1.807) is 6.07 Å². The summed E-state index contributed by atoms with van der Waals surface area (Å²) in [6, 6.07) is 1.67. The molecular weight excluding hydrogens is 231 g/mol. The van der Waals surface area contributed by atoms with Gasteiger partial charge in [0.2, 0.25) is 0 Å². The van der Waals surface area contributed by atoms with Crippen LogP contribution in [0.4, 0.5) is 0 Å². The van der Waals surface area contributed by atoms with E-state index in [-0.39, 0.29) is 5.78 Å². The summed E-state index contributed by atoms with van der Waals surface area (Å²) in [5, 5.41) is 0. The molecule has 0 radical (unpaired) electrons. The fourth-order valence-electron chi connectivity index (χ4n) is 0.500. The van der Waals surface area contributed by atoms with Crippen LogP contribution < -0.4 is 0 Å². The Balaban J connectivity index is 2.77. The van der Waals surface area contributed by atoms with Gasteiger partial charge in [0.05, 0.1) is 16.3 Å². The van der Waals surface area contributed by atoms with Crippen molar-refractivity contribution in [3.63, 3.8) is 0 Å². The number of ketones is 1. The van der Waals surface area contributed by atoms with Gasteiger partial charge in [0, 0.05) is 0 Å². The van der Waals surface area contributed by atoms with Crippen LogP contribution in [0.3, 0.4) is 0 Å². The molecule has 48 valence electrons. The molecule has 0 aromatic carbocycles. The first-order valence-corrected chi connectivity index (χ1v) is 3.98. The highest BCUT2D eigenvalue weighted by Gasteiger charge is 2.02. The number of furan rings is 1. The highest BCUT2D eigenvalue weighted by atomic mass is 127. The molecule has 0 spiro atoms. The maximum atomic E-state index is 10.8. The Morgan fingerprint density at radius 1 is 1.78 bits per heavy atom. The average molecular weight is 236 g/mol. The van der Waals surface area contributed by atoms with Crippen LogP contribution in [-0.2, 0) is 0 Å². The largest absolute Gasteiger partial charge is 0.472 e. The number of alkyl halides is 1. The Kier molecular flexibility index (Phi) is 2.27. The summed E-state index contributed by atoms with van der Waals surface area (Å²) in [6.45, 7) is 0. The van der Waals surface area contributed by atoms with Crippen molar-refractivity contribution in [1.82, 2.24) is 0 Å². The van der Waals surface area contributed by atoms with Crippen molar-refractivity contribution in [2.24, 2.45) is 0 Å². The summed E-state index contributed by atoms with van der Waals surface area (Å²) in [6.07, 6.45) is 2.96.